The number of aryl methyl sites for hydroxylation is 2. The maximum Gasteiger partial charge on any atom is 0.249 e. The average molecular weight is 376 g/mol. The number of carbonyl (C=O) groups is 2. The molecule has 1 amide bonds. The predicted molar refractivity (Wildman–Crippen MR) is 96.5 cm³/mol. The minimum atomic E-state index is -3.64. The number of benzene rings is 1. The molecule has 1 aromatic carbocycles. The van der Waals surface area contributed by atoms with Crippen LogP contribution in [0.4, 0.5) is 5.82 Å². The summed E-state index contributed by atoms with van der Waals surface area (Å²) < 4.78 is 28.1. The number of nitrogens with zero attached hydrogens (tertiary/aromatic N) is 2. The highest BCUT2D eigenvalue weighted by Gasteiger charge is 2.27. The summed E-state index contributed by atoms with van der Waals surface area (Å²) in [6, 6.07) is 5.01. The van der Waals surface area contributed by atoms with E-state index in [2.05, 4.69) is 15.1 Å². The van der Waals surface area contributed by atoms with E-state index in [1.807, 2.05) is 6.92 Å². The number of hydrogen-bond donors (Lipinski definition) is 2. The average Bonchev–Trinajstić information content (AvgIpc) is 2.91. The van der Waals surface area contributed by atoms with Crippen molar-refractivity contribution in [2.45, 2.75) is 38.0 Å². The Balaban J connectivity index is 2.27. The number of anilines is 1. The molecule has 0 unspecified atom stereocenters. The zero-order valence-electron chi connectivity index (χ0n) is 14.8. The zero-order chi connectivity index (χ0) is 19.1. The Bertz CT molecular complexity index is 1010. The minimum absolute atomic E-state index is 0.0798. The molecule has 1 aliphatic rings. The molecule has 8 nitrogen and oxygen atoms in total. The first-order chi connectivity index (χ1) is 12.3. The summed E-state index contributed by atoms with van der Waals surface area (Å²) in [5.74, 6) is -0.239. The molecule has 1 aromatic heterocycles. The van der Waals surface area contributed by atoms with Crippen LogP contribution in [0.1, 0.15) is 35.8 Å². The first-order valence-electron chi connectivity index (χ1n) is 8.28. The van der Waals surface area contributed by atoms with Gasteiger partial charge >= 0.3 is 0 Å². The second-order valence-corrected chi connectivity index (χ2v) is 7.92. The second kappa shape index (κ2) is 6.65. The largest absolute Gasteiger partial charge is 0.310 e. The molecule has 0 saturated heterocycles. The summed E-state index contributed by atoms with van der Waals surface area (Å²) in [6.45, 7) is 3.59. The molecule has 9 heteroatoms. The molecule has 0 aliphatic carbocycles. The summed E-state index contributed by atoms with van der Waals surface area (Å²) in [6.07, 6.45) is 0.702. The summed E-state index contributed by atoms with van der Waals surface area (Å²) in [7, 11) is -2.29. The smallest absolute Gasteiger partial charge is 0.249 e. The Morgan fingerprint density at radius 2 is 2.00 bits per heavy atom. The lowest BCUT2D eigenvalue weighted by Gasteiger charge is -2.11. The SMILES string of the molecule is CCc1nn2c(c1-c1ccc(C)c(S(=O)(=O)NC)c1)NC(=O)CCC2=O. The van der Waals surface area contributed by atoms with Gasteiger partial charge in [0.15, 0.2) is 0 Å². The van der Waals surface area contributed by atoms with Crippen molar-refractivity contribution in [1.82, 2.24) is 14.5 Å². The van der Waals surface area contributed by atoms with E-state index in [1.54, 1.807) is 25.1 Å². The molecule has 1 aliphatic heterocycles. The van der Waals surface area contributed by atoms with Gasteiger partial charge in [0.2, 0.25) is 21.8 Å². The molecule has 0 saturated carbocycles. The molecule has 0 bridgehead atoms. The molecule has 26 heavy (non-hydrogen) atoms. The number of fused-ring (bicyclic) bond motifs is 1. The van der Waals surface area contributed by atoms with E-state index in [1.165, 1.54) is 11.7 Å². The van der Waals surface area contributed by atoms with E-state index in [0.29, 0.717) is 34.6 Å². The van der Waals surface area contributed by atoms with Crippen LogP contribution in [0.2, 0.25) is 0 Å². The third-order valence-corrected chi connectivity index (χ3v) is 5.94. The van der Waals surface area contributed by atoms with Crippen LogP contribution in [-0.2, 0) is 21.2 Å². The summed E-state index contributed by atoms with van der Waals surface area (Å²) in [5, 5.41) is 7.08. The van der Waals surface area contributed by atoms with Crippen LogP contribution in [0.5, 0.6) is 0 Å². The van der Waals surface area contributed by atoms with E-state index < -0.39 is 10.0 Å². The van der Waals surface area contributed by atoms with Gasteiger partial charge in [0.05, 0.1) is 10.6 Å². The van der Waals surface area contributed by atoms with Gasteiger partial charge in [-0.15, -0.1) is 0 Å². The van der Waals surface area contributed by atoms with Gasteiger partial charge in [-0.1, -0.05) is 19.1 Å². The van der Waals surface area contributed by atoms with Gasteiger partial charge in [0.1, 0.15) is 5.82 Å². The lowest BCUT2D eigenvalue weighted by molar-refractivity contribution is -0.116. The number of hydrogen-bond acceptors (Lipinski definition) is 5. The van der Waals surface area contributed by atoms with Crippen molar-refractivity contribution in [2.24, 2.45) is 0 Å². The molecular formula is C17H20N4O4S. The van der Waals surface area contributed by atoms with Gasteiger partial charge in [-0.3, -0.25) is 9.59 Å². The van der Waals surface area contributed by atoms with Crippen molar-refractivity contribution in [1.29, 1.82) is 0 Å². The van der Waals surface area contributed by atoms with Crippen molar-refractivity contribution in [2.75, 3.05) is 12.4 Å². The van der Waals surface area contributed by atoms with Crippen molar-refractivity contribution >= 4 is 27.7 Å². The molecule has 2 N–H and O–H groups in total. The fraction of sp³-hybridized carbons (Fsp3) is 0.353. The van der Waals surface area contributed by atoms with E-state index in [4.69, 9.17) is 0 Å². The molecule has 2 aromatic rings. The molecule has 0 fully saturated rings. The van der Waals surface area contributed by atoms with Crippen LogP contribution < -0.4 is 10.0 Å². The maximum atomic E-state index is 12.3. The fourth-order valence-corrected chi connectivity index (χ4v) is 3.98. The minimum Gasteiger partial charge on any atom is -0.310 e. The third-order valence-electron chi connectivity index (χ3n) is 4.39. The lowest BCUT2D eigenvalue weighted by atomic mass is 10.0. The molecule has 3 rings (SSSR count). The number of rotatable bonds is 4. The first kappa shape index (κ1) is 18.3. The van der Waals surface area contributed by atoms with Crippen LogP contribution in [-0.4, -0.2) is 37.1 Å². The van der Waals surface area contributed by atoms with Crippen LogP contribution in [0, 0.1) is 6.92 Å². The number of amides is 1. The number of carbonyl (C=O) groups excluding carboxylic acids is 2. The highest BCUT2D eigenvalue weighted by atomic mass is 32.2. The number of sulfonamides is 1. The van der Waals surface area contributed by atoms with Crippen LogP contribution >= 0.6 is 0 Å². The summed E-state index contributed by atoms with van der Waals surface area (Å²) in [4.78, 5) is 24.4. The normalized spacial score (nSPS) is 14.7. The van der Waals surface area contributed by atoms with E-state index in [0.717, 1.165) is 0 Å². The van der Waals surface area contributed by atoms with Crippen molar-refractivity contribution in [3.63, 3.8) is 0 Å². The molecule has 138 valence electrons. The Labute approximate surface area is 151 Å². The van der Waals surface area contributed by atoms with Crippen LogP contribution in [0.25, 0.3) is 11.1 Å². The highest BCUT2D eigenvalue weighted by Crippen LogP contribution is 2.35. The van der Waals surface area contributed by atoms with E-state index in [-0.39, 0.29) is 29.6 Å². The van der Waals surface area contributed by atoms with Crippen LogP contribution in [0.3, 0.4) is 0 Å². The van der Waals surface area contributed by atoms with Crippen molar-refractivity contribution in [3.8, 4) is 11.1 Å². The van der Waals surface area contributed by atoms with E-state index >= 15 is 0 Å². The van der Waals surface area contributed by atoms with Gasteiger partial charge in [-0.2, -0.15) is 9.78 Å². The maximum absolute atomic E-state index is 12.3. The molecule has 0 spiro atoms. The van der Waals surface area contributed by atoms with E-state index in [9.17, 15) is 18.0 Å². The zero-order valence-corrected chi connectivity index (χ0v) is 15.6. The van der Waals surface area contributed by atoms with Gasteiger partial charge < -0.3 is 5.32 Å². The Morgan fingerprint density at radius 1 is 1.27 bits per heavy atom. The fourth-order valence-electron chi connectivity index (χ4n) is 2.99. The van der Waals surface area contributed by atoms with Crippen molar-refractivity contribution < 1.29 is 18.0 Å². The number of aromatic nitrogens is 2. The van der Waals surface area contributed by atoms with Crippen molar-refractivity contribution in [3.05, 3.63) is 29.5 Å². The second-order valence-electron chi connectivity index (χ2n) is 6.07. The van der Waals surface area contributed by atoms with Crippen LogP contribution in [0.15, 0.2) is 23.1 Å². The Morgan fingerprint density at radius 3 is 2.65 bits per heavy atom. The Kier molecular flexibility index (Phi) is 4.68. The van der Waals surface area contributed by atoms with Gasteiger partial charge in [0, 0.05) is 18.4 Å². The quantitative estimate of drug-likeness (QED) is 0.844. The summed E-state index contributed by atoms with van der Waals surface area (Å²) >= 11 is 0. The predicted octanol–water partition coefficient (Wildman–Crippen LogP) is 1.70. The van der Waals surface area contributed by atoms with Gasteiger partial charge in [-0.05, 0) is 37.6 Å². The highest BCUT2D eigenvalue weighted by molar-refractivity contribution is 7.89. The van der Waals surface area contributed by atoms with Gasteiger partial charge in [0.25, 0.3) is 0 Å². The monoisotopic (exact) mass is 376 g/mol. The van der Waals surface area contributed by atoms with Gasteiger partial charge in [-0.25, -0.2) is 13.1 Å². The molecular weight excluding hydrogens is 356 g/mol. The lowest BCUT2D eigenvalue weighted by Crippen LogP contribution is -2.19. The Hall–Kier alpha value is -2.52. The molecule has 2 heterocycles. The number of nitrogens with one attached hydrogen (secondary N) is 2. The third kappa shape index (κ3) is 3.04. The topological polar surface area (TPSA) is 110 Å². The summed E-state index contributed by atoms with van der Waals surface area (Å²) in [5.41, 5.74) is 2.37. The molecule has 0 atom stereocenters. The standard InChI is InChI=1S/C17H20N4O4S/c1-4-12-16(17-19-14(22)7-8-15(23)21(17)20-12)11-6-5-10(2)13(9-11)26(24,25)18-3/h5-6,9,18H,4,7-8H2,1-3H3,(H,19,22). The first-order valence-corrected chi connectivity index (χ1v) is 9.76. The molecule has 0 radical (unpaired) electrons.